The molecule has 2 aromatic carbocycles. The highest BCUT2D eigenvalue weighted by Gasteiger charge is 2.50. The molecule has 2 aromatic rings. The van der Waals surface area contributed by atoms with E-state index in [1.165, 1.54) is 53.0 Å². The van der Waals surface area contributed by atoms with E-state index >= 15 is 0 Å². The standard InChI is InChI=1S/C38H47NO13/c1-16-11-10-12-17(2)37(48)39-28-23(15-40)32(45)25-26(33(28)46)31(44)21(6)35-27(25)36(47)38(8,52-35)50-14-13-24(49-9)18(3)34(51-22(7)41)20(5)30(43)19(4)29(16)42/h10-16,18-20,24,29-30,34,42-46H,1-9H3,(H,39,48)/t16-,18-,19-,20-,24+,29-,30+,34-,38+/m1/s1. The van der Waals surface area contributed by atoms with E-state index in [-0.39, 0.29) is 28.7 Å². The van der Waals surface area contributed by atoms with Crippen molar-refractivity contribution >= 4 is 40.4 Å². The summed E-state index contributed by atoms with van der Waals surface area (Å²) in [4.78, 5) is 51.8. The van der Waals surface area contributed by atoms with E-state index in [2.05, 4.69) is 5.32 Å². The van der Waals surface area contributed by atoms with Crippen LogP contribution in [-0.2, 0) is 23.8 Å². The van der Waals surface area contributed by atoms with Crippen molar-refractivity contribution in [1.29, 1.82) is 0 Å². The number of phenolic OH excluding ortho intramolecular Hbond substituents is 3. The number of allylic oxidation sites excluding steroid dienone is 2. The Labute approximate surface area is 301 Å². The molecule has 52 heavy (non-hydrogen) atoms. The molecule has 0 saturated heterocycles. The zero-order chi connectivity index (χ0) is 39.0. The van der Waals surface area contributed by atoms with Crippen LogP contribution < -0.4 is 10.1 Å². The van der Waals surface area contributed by atoms with Gasteiger partial charge >= 0.3 is 11.8 Å². The van der Waals surface area contributed by atoms with Crippen LogP contribution in [-0.4, -0.2) is 86.8 Å². The second-order valence-corrected chi connectivity index (χ2v) is 13.7. The van der Waals surface area contributed by atoms with Gasteiger partial charge in [0.1, 0.15) is 23.4 Å². The van der Waals surface area contributed by atoms with Gasteiger partial charge in [0.25, 0.3) is 11.7 Å². The third-order valence-electron chi connectivity index (χ3n) is 10.2. The number of nitrogens with one attached hydrogen (secondary N) is 1. The fourth-order valence-electron chi connectivity index (χ4n) is 6.86. The molecular formula is C38H47NO13. The number of anilines is 1. The largest absolute Gasteiger partial charge is 0.507 e. The smallest absolute Gasteiger partial charge is 0.312 e. The lowest BCUT2D eigenvalue weighted by Gasteiger charge is -2.38. The van der Waals surface area contributed by atoms with Crippen molar-refractivity contribution in [3.63, 3.8) is 0 Å². The van der Waals surface area contributed by atoms with Crippen molar-refractivity contribution in [2.24, 2.45) is 23.7 Å². The van der Waals surface area contributed by atoms with Gasteiger partial charge in [0.05, 0.1) is 46.8 Å². The fourth-order valence-corrected chi connectivity index (χ4v) is 6.86. The third-order valence-corrected chi connectivity index (χ3v) is 10.2. The fraction of sp³-hybridized carbons (Fsp3) is 0.474. The molecule has 14 nitrogen and oxygen atoms in total. The van der Waals surface area contributed by atoms with Gasteiger partial charge in [-0.3, -0.25) is 19.2 Å². The average Bonchev–Trinajstić information content (AvgIpc) is 3.36. The van der Waals surface area contributed by atoms with Gasteiger partial charge in [-0.1, -0.05) is 45.9 Å². The highest BCUT2D eigenvalue weighted by molar-refractivity contribution is 6.23. The molecule has 0 radical (unpaired) electrons. The predicted molar refractivity (Wildman–Crippen MR) is 189 cm³/mol. The van der Waals surface area contributed by atoms with E-state index in [0.717, 1.165) is 6.26 Å². The predicted octanol–water partition coefficient (Wildman–Crippen LogP) is 4.57. The Morgan fingerprint density at radius 2 is 1.60 bits per heavy atom. The Balaban J connectivity index is 1.93. The zero-order valence-electron chi connectivity index (χ0n) is 30.6. The molecule has 282 valence electrons. The Kier molecular flexibility index (Phi) is 11.8. The van der Waals surface area contributed by atoms with Crippen molar-refractivity contribution in [2.45, 2.75) is 85.6 Å². The number of ketones is 1. The summed E-state index contributed by atoms with van der Waals surface area (Å²) in [7, 11) is 1.41. The number of benzene rings is 2. The average molecular weight is 726 g/mol. The Bertz CT molecular complexity index is 1860. The maximum atomic E-state index is 14.0. The SMILES string of the molecule is CO[C@H]1C=CO[C@@]2(C)Oc3c(C)c(O)c4c(O)c(c(C=O)c(O)c4c3C2=O)NC(=O)C(C)=CC=C[C@@H](C)[C@@H](O)[C@@H](C)[C@H](O)[C@@H](C)[C@H](OC(C)=O)[C@@H]1C. The number of carbonyl (C=O) groups is 4. The highest BCUT2D eigenvalue weighted by atomic mass is 16.7. The van der Waals surface area contributed by atoms with E-state index in [9.17, 15) is 44.7 Å². The monoisotopic (exact) mass is 725 g/mol. The number of hydrogen-bond acceptors (Lipinski definition) is 13. The summed E-state index contributed by atoms with van der Waals surface area (Å²) in [5.41, 5.74) is -1.27. The van der Waals surface area contributed by atoms with Crippen molar-refractivity contribution in [3.8, 4) is 23.0 Å². The van der Waals surface area contributed by atoms with E-state index in [4.69, 9.17) is 18.9 Å². The topological polar surface area (TPSA) is 218 Å². The van der Waals surface area contributed by atoms with Crippen molar-refractivity contribution in [2.75, 3.05) is 12.4 Å². The van der Waals surface area contributed by atoms with E-state index in [0.29, 0.717) is 0 Å². The van der Waals surface area contributed by atoms with Crippen LogP contribution in [0.2, 0.25) is 0 Å². The van der Waals surface area contributed by atoms with E-state index in [1.54, 1.807) is 33.8 Å². The first kappa shape index (κ1) is 39.9. The summed E-state index contributed by atoms with van der Waals surface area (Å²) in [6, 6.07) is 0. The summed E-state index contributed by atoms with van der Waals surface area (Å²) in [6.45, 7) is 12.2. The molecular weight excluding hydrogens is 678 g/mol. The number of Topliss-reactive ketones (excluding diaryl/α,β-unsaturated/α-hetero) is 1. The van der Waals surface area contributed by atoms with Gasteiger partial charge in [-0.05, 0) is 19.9 Å². The Hall–Kier alpha value is -4.92. The zero-order valence-corrected chi connectivity index (χ0v) is 30.6. The Morgan fingerprint density at radius 1 is 0.942 bits per heavy atom. The number of esters is 1. The molecule has 9 atom stereocenters. The molecule has 1 amide bonds. The van der Waals surface area contributed by atoms with E-state index < -0.39 is 111 Å². The quantitative estimate of drug-likeness (QED) is 0.111. The van der Waals surface area contributed by atoms with E-state index in [1.807, 2.05) is 0 Å². The molecule has 0 spiro atoms. The first-order chi connectivity index (χ1) is 24.3. The summed E-state index contributed by atoms with van der Waals surface area (Å²) in [6.07, 6.45) is 3.41. The number of phenols is 3. The first-order valence-electron chi connectivity index (χ1n) is 16.9. The van der Waals surface area contributed by atoms with Gasteiger partial charge in [0, 0.05) is 61.2 Å². The van der Waals surface area contributed by atoms with Crippen LogP contribution in [0.1, 0.15) is 74.7 Å². The number of aldehydes is 1. The summed E-state index contributed by atoms with van der Waals surface area (Å²) in [5, 5.41) is 58.2. The molecule has 5 rings (SSSR count). The minimum Gasteiger partial charge on any atom is -0.507 e. The lowest BCUT2D eigenvalue weighted by molar-refractivity contribution is -0.160. The number of carbonyl (C=O) groups excluding carboxylic acids is 4. The number of aliphatic hydroxyl groups excluding tert-OH is 2. The van der Waals surface area contributed by atoms with Crippen LogP contribution in [0, 0.1) is 30.6 Å². The van der Waals surface area contributed by atoms with Crippen LogP contribution in [0.4, 0.5) is 5.69 Å². The molecule has 0 aliphatic carbocycles. The summed E-state index contributed by atoms with van der Waals surface area (Å²) in [5.74, 6) is -9.19. The number of hydrogen-bond donors (Lipinski definition) is 6. The molecule has 5 bridgehead atoms. The number of aromatic hydroxyl groups is 3. The number of ether oxygens (including phenoxy) is 4. The molecule has 0 fully saturated rings. The van der Waals surface area contributed by atoms with Gasteiger partial charge in [0.2, 0.25) is 0 Å². The molecule has 6 N–H and O–H groups in total. The third kappa shape index (κ3) is 7.10. The normalized spacial score (nSPS) is 30.1. The summed E-state index contributed by atoms with van der Waals surface area (Å²) >= 11 is 0. The first-order valence-corrected chi connectivity index (χ1v) is 16.9. The molecule has 0 aromatic heterocycles. The molecule has 3 aliphatic heterocycles. The number of methoxy groups -OCH3 is 1. The lowest BCUT2D eigenvalue weighted by Crippen LogP contribution is -2.46. The van der Waals surface area contributed by atoms with Gasteiger partial charge in [-0.15, -0.1) is 0 Å². The van der Waals surface area contributed by atoms with Crippen LogP contribution in [0.5, 0.6) is 23.0 Å². The maximum Gasteiger partial charge on any atom is 0.312 e. The number of aliphatic hydroxyl groups is 2. The lowest BCUT2D eigenvalue weighted by atomic mass is 9.78. The molecule has 3 aliphatic rings. The van der Waals surface area contributed by atoms with Gasteiger partial charge < -0.3 is 49.8 Å². The number of amides is 1. The minimum atomic E-state index is -2.08. The molecule has 0 unspecified atom stereocenters. The molecule has 14 heteroatoms. The van der Waals surface area contributed by atoms with Gasteiger partial charge in [-0.25, -0.2) is 0 Å². The molecule has 3 heterocycles. The summed E-state index contributed by atoms with van der Waals surface area (Å²) < 4.78 is 23.1. The molecule has 0 saturated carbocycles. The number of rotatable bonds is 3. The highest BCUT2D eigenvalue weighted by Crippen LogP contribution is 2.55. The second kappa shape index (κ2) is 15.4. The van der Waals surface area contributed by atoms with Gasteiger partial charge in [-0.2, -0.15) is 0 Å². The van der Waals surface area contributed by atoms with Crippen molar-refractivity contribution in [1.82, 2.24) is 0 Å². The van der Waals surface area contributed by atoms with Crippen molar-refractivity contribution in [3.05, 3.63) is 52.8 Å². The Morgan fingerprint density at radius 3 is 2.19 bits per heavy atom. The van der Waals surface area contributed by atoms with Crippen LogP contribution in [0.15, 0.2) is 36.1 Å². The van der Waals surface area contributed by atoms with Gasteiger partial charge in [0.15, 0.2) is 12.0 Å². The maximum absolute atomic E-state index is 14.0. The number of fused-ring (bicyclic) bond motifs is 14. The second-order valence-electron chi connectivity index (χ2n) is 13.7. The van der Waals surface area contributed by atoms with Crippen molar-refractivity contribution < 1.29 is 63.7 Å². The van der Waals surface area contributed by atoms with Crippen LogP contribution in [0.3, 0.4) is 0 Å². The van der Waals surface area contributed by atoms with Crippen LogP contribution in [0.25, 0.3) is 10.8 Å². The minimum absolute atomic E-state index is 0.00425. The van der Waals surface area contributed by atoms with Crippen LogP contribution >= 0.6 is 0 Å².